The van der Waals surface area contributed by atoms with E-state index >= 15 is 0 Å². The molecule has 0 spiro atoms. The average Bonchev–Trinajstić information content (AvgIpc) is 2.92. The Bertz CT molecular complexity index is 599. The molecule has 2 aromatic rings. The first-order valence-electron chi connectivity index (χ1n) is 4.94. The molecule has 1 nitrogen and oxygen atoms in total. The van der Waals surface area contributed by atoms with Crippen LogP contribution in [0.2, 0.25) is 0 Å². The van der Waals surface area contributed by atoms with Gasteiger partial charge in [-0.25, -0.2) is 0 Å². The molecule has 0 radical (unpaired) electrons. The molecule has 1 aromatic carbocycles. The number of para-hydroxylation sites is 1. The van der Waals surface area contributed by atoms with Gasteiger partial charge in [0.05, 0.1) is 5.69 Å². The van der Waals surface area contributed by atoms with Gasteiger partial charge in [-0.3, -0.25) is 0 Å². The number of aromatic amines is 1. The Morgan fingerprint density at radius 2 is 2.07 bits per heavy atom. The summed E-state index contributed by atoms with van der Waals surface area (Å²) in [6, 6.07) is 8.49. The van der Waals surface area contributed by atoms with Gasteiger partial charge in [-0.1, -0.05) is 36.4 Å². The Kier molecular flexibility index (Phi) is 0.954. The minimum atomic E-state index is 0.621. The summed E-state index contributed by atoms with van der Waals surface area (Å²) >= 11 is 0. The number of nitrogens with one attached hydrogen (secondary N) is 1. The first-order valence-corrected chi connectivity index (χ1v) is 4.94. The van der Waals surface area contributed by atoms with Gasteiger partial charge in [-0.2, -0.15) is 0 Å². The van der Waals surface area contributed by atoms with Crippen LogP contribution in [0.25, 0.3) is 22.6 Å². The fourth-order valence-corrected chi connectivity index (χ4v) is 2.32. The minimum Gasteiger partial charge on any atom is -0.354 e. The Morgan fingerprint density at radius 1 is 1.14 bits per heavy atom. The Morgan fingerprint density at radius 3 is 3.07 bits per heavy atom. The number of aromatic nitrogens is 1. The van der Waals surface area contributed by atoms with Crippen molar-refractivity contribution >= 4 is 22.6 Å². The van der Waals surface area contributed by atoms with E-state index in [0.717, 1.165) is 0 Å². The van der Waals surface area contributed by atoms with Crippen LogP contribution in [0.5, 0.6) is 0 Å². The van der Waals surface area contributed by atoms with Gasteiger partial charge >= 0.3 is 0 Å². The summed E-state index contributed by atoms with van der Waals surface area (Å²) in [4.78, 5) is 3.49. The number of benzene rings is 1. The molecule has 0 fully saturated rings. The lowest BCUT2D eigenvalue weighted by molar-refractivity contribution is 1.23. The molecule has 1 atom stereocenters. The van der Waals surface area contributed by atoms with E-state index < -0.39 is 0 Å². The normalized spacial score (nSPS) is 21.7. The summed E-state index contributed by atoms with van der Waals surface area (Å²) in [5.41, 5.74) is 5.41. The molecule has 1 aromatic heterocycles. The highest BCUT2D eigenvalue weighted by molar-refractivity contribution is 6.01. The summed E-state index contributed by atoms with van der Waals surface area (Å²) in [5.74, 6) is 0.621. The number of hydrogen-bond acceptors (Lipinski definition) is 0. The van der Waals surface area contributed by atoms with Crippen molar-refractivity contribution in [2.45, 2.75) is 0 Å². The average molecular weight is 179 g/mol. The zero-order chi connectivity index (χ0) is 9.12. The van der Waals surface area contributed by atoms with Crippen LogP contribution >= 0.6 is 0 Å². The molecule has 14 heavy (non-hydrogen) atoms. The van der Waals surface area contributed by atoms with Crippen LogP contribution in [0.15, 0.2) is 36.4 Å². The number of fused-ring (bicyclic) bond motifs is 5. The number of rotatable bonds is 0. The van der Waals surface area contributed by atoms with Crippen molar-refractivity contribution < 1.29 is 0 Å². The first kappa shape index (κ1) is 6.66. The highest BCUT2D eigenvalue weighted by Gasteiger charge is 2.30. The van der Waals surface area contributed by atoms with E-state index in [-0.39, 0.29) is 0 Å². The Balaban J connectivity index is 2.19. The summed E-state index contributed by atoms with van der Waals surface area (Å²) in [7, 11) is 0. The lowest BCUT2D eigenvalue weighted by Crippen LogP contribution is -1.87. The number of allylic oxidation sites excluding steroid dienone is 3. The molecule has 2 aliphatic carbocycles. The zero-order valence-electron chi connectivity index (χ0n) is 7.62. The fourth-order valence-electron chi connectivity index (χ4n) is 2.32. The van der Waals surface area contributed by atoms with Gasteiger partial charge in [-0.15, -0.1) is 0 Å². The van der Waals surface area contributed by atoms with Crippen molar-refractivity contribution in [3.63, 3.8) is 0 Å². The lowest BCUT2D eigenvalue weighted by atomic mass is 10.0. The van der Waals surface area contributed by atoms with Crippen LogP contribution < -0.4 is 0 Å². The second-order valence-corrected chi connectivity index (χ2v) is 3.97. The quantitative estimate of drug-likeness (QED) is 0.639. The van der Waals surface area contributed by atoms with Crippen LogP contribution in [-0.4, -0.2) is 4.98 Å². The predicted octanol–water partition coefficient (Wildman–Crippen LogP) is 3.21. The number of H-pyrrole nitrogens is 1. The summed E-state index contributed by atoms with van der Waals surface area (Å²) in [6.45, 7) is 0. The molecule has 0 amide bonds. The van der Waals surface area contributed by atoms with E-state index in [4.69, 9.17) is 0 Å². The van der Waals surface area contributed by atoms with Crippen LogP contribution in [0.4, 0.5) is 0 Å². The second-order valence-electron chi connectivity index (χ2n) is 3.97. The van der Waals surface area contributed by atoms with Crippen molar-refractivity contribution in [3.05, 3.63) is 47.7 Å². The maximum absolute atomic E-state index is 3.49. The van der Waals surface area contributed by atoms with Crippen LogP contribution in [-0.2, 0) is 0 Å². The zero-order valence-corrected chi connectivity index (χ0v) is 7.62. The molecule has 0 bridgehead atoms. The van der Waals surface area contributed by atoms with Crippen molar-refractivity contribution in [3.8, 4) is 0 Å². The van der Waals surface area contributed by atoms with Crippen molar-refractivity contribution in [1.29, 1.82) is 0 Å². The maximum atomic E-state index is 3.49. The van der Waals surface area contributed by atoms with Gasteiger partial charge in [0.1, 0.15) is 0 Å². The van der Waals surface area contributed by atoms with Gasteiger partial charge in [0.2, 0.25) is 0 Å². The Hall–Kier alpha value is -1.76. The minimum absolute atomic E-state index is 0.621. The van der Waals surface area contributed by atoms with Crippen molar-refractivity contribution in [2.75, 3.05) is 0 Å². The standard InChI is InChI=1S/C13H9N/c1-2-4-12-9(3-1)10-6-5-8-7-11(8)13(10)14-12/h1-8,14H/t8-/m1/s1. The molecule has 1 heterocycles. The molecular weight excluding hydrogens is 170 g/mol. The van der Waals surface area contributed by atoms with Crippen LogP contribution in [0.3, 0.4) is 0 Å². The highest BCUT2D eigenvalue weighted by atomic mass is 14.7. The molecule has 66 valence electrons. The Labute approximate surface area is 81.8 Å². The molecule has 0 unspecified atom stereocenters. The molecular formula is C13H9N. The molecule has 1 N–H and O–H groups in total. The molecule has 1 heteroatoms. The smallest absolute Gasteiger partial charge is 0.0503 e. The van der Waals surface area contributed by atoms with Gasteiger partial charge in [0.15, 0.2) is 0 Å². The predicted molar refractivity (Wildman–Crippen MR) is 58.8 cm³/mol. The monoisotopic (exact) mass is 179 g/mol. The molecule has 0 aliphatic heterocycles. The summed E-state index contributed by atoms with van der Waals surface area (Å²) in [5, 5.41) is 1.34. The number of hydrogen-bond donors (Lipinski definition) is 1. The van der Waals surface area contributed by atoms with E-state index in [2.05, 4.69) is 47.5 Å². The topological polar surface area (TPSA) is 15.8 Å². The van der Waals surface area contributed by atoms with Gasteiger partial charge in [0, 0.05) is 22.4 Å². The SMILES string of the molecule is C1=C[C@@H]2C=C2c2[nH]c3ccccc3c21. The summed E-state index contributed by atoms with van der Waals surface area (Å²) in [6.07, 6.45) is 6.82. The van der Waals surface area contributed by atoms with Crippen molar-refractivity contribution in [1.82, 2.24) is 4.98 Å². The molecule has 0 saturated heterocycles. The lowest BCUT2D eigenvalue weighted by Gasteiger charge is -2.02. The largest absolute Gasteiger partial charge is 0.354 e. The third-order valence-corrected chi connectivity index (χ3v) is 3.11. The van der Waals surface area contributed by atoms with Crippen LogP contribution in [0, 0.1) is 5.92 Å². The maximum Gasteiger partial charge on any atom is 0.0503 e. The molecule has 0 saturated carbocycles. The fraction of sp³-hybridized carbons (Fsp3) is 0.0769. The third kappa shape index (κ3) is 0.666. The third-order valence-electron chi connectivity index (χ3n) is 3.11. The highest BCUT2D eigenvalue weighted by Crippen LogP contribution is 2.46. The van der Waals surface area contributed by atoms with E-state index in [1.165, 1.54) is 27.7 Å². The van der Waals surface area contributed by atoms with E-state index in [0.29, 0.717) is 5.92 Å². The van der Waals surface area contributed by atoms with E-state index in [1.807, 2.05) is 0 Å². The second kappa shape index (κ2) is 2.01. The van der Waals surface area contributed by atoms with Crippen LogP contribution in [0.1, 0.15) is 11.3 Å². The van der Waals surface area contributed by atoms with Crippen molar-refractivity contribution in [2.24, 2.45) is 5.92 Å². The van der Waals surface area contributed by atoms with Gasteiger partial charge in [-0.05, 0) is 11.6 Å². The first-order chi connectivity index (χ1) is 6.93. The molecule has 4 rings (SSSR count). The molecule has 2 aliphatic rings. The van der Waals surface area contributed by atoms with Gasteiger partial charge < -0.3 is 4.98 Å². The van der Waals surface area contributed by atoms with Gasteiger partial charge in [0.25, 0.3) is 0 Å². The van der Waals surface area contributed by atoms with E-state index in [1.54, 1.807) is 0 Å². The summed E-state index contributed by atoms with van der Waals surface area (Å²) < 4.78 is 0. The van der Waals surface area contributed by atoms with E-state index in [9.17, 15) is 0 Å².